The van der Waals surface area contributed by atoms with Gasteiger partial charge in [0, 0.05) is 5.69 Å². The van der Waals surface area contributed by atoms with Gasteiger partial charge in [0.1, 0.15) is 0 Å². The highest BCUT2D eigenvalue weighted by Crippen LogP contribution is 2.21. The van der Waals surface area contributed by atoms with E-state index >= 15 is 0 Å². The van der Waals surface area contributed by atoms with Crippen molar-refractivity contribution in [3.05, 3.63) is 64.2 Å². The lowest BCUT2D eigenvalue weighted by atomic mass is 10.1. The summed E-state index contributed by atoms with van der Waals surface area (Å²) in [6.07, 6.45) is 0. The smallest absolute Gasteiger partial charge is 0.257 e. The molecular weight excluding hydrogens is 260 g/mol. The quantitative estimate of drug-likeness (QED) is 0.903. The summed E-state index contributed by atoms with van der Waals surface area (Å²) in [5.41, 5.74) is 2.33. The van der Waals surface area contributed by atoms with Gasteiger partial charge in [-0.05, 0) is 36.8 Å². The van der Waals surface area contributed by atoms with Gasteiger partial charge in [-0.25, -0.2) is 0 Å². The van der Waals surface area contributed by atoms with Gasteiger partial charge in [0.2, 0.25) is 0 Å². The molecule has 1 N–H and O–H groups in total. The van der Waals surface area contributed by atoms with Crippen LogP contribution in [0, 0.1) is 18.3 Å². The summed E-state index contributed by atoms with van der Waals surface area (Å²) in [5.74, 6) is -0.288. The highest BCUT2D eigenvalue weighted by atomic mass is 35.5. The molecule has 0 aliphatic heterocycles. The first kappa shape index (κ1) is 13.1. The molecule has 0 unspecified atom stereocenters. The maximum Gasteiger partial charge on any atom is 0.257 e. The van der Waals surface area contributed by atoms with Crippen LogP contribution in [0.3, 0.4) is 0 Å². The summed E-state index contributed by atoms with van der Waals surface area (Å²) in [6, 6.07) is 14.0. The van der Waals surface area contributed by atoms with Crippen LogP contribution in [0.5, 0.6) is 0 Å². The number of nitrogens with zero attached hydrogens (tertiary/aromatic N) is 1. The Hall–Kier alpha value is -2.31. The zero-order valence-electron chi connectivity index (χ0n) is 10.3. The van der Waals surface area contributed by atoms with Crippen molar-refractivity contribution in [1.29, 1.82) is 5.26 Å². The van der Waals surface area contributed by atoms with Gasteiger partial charge in [-0.3, -0.25) is 4.79 Å². The molecule has 3 nitrogen and oxygen atoms in total. The largest absolute Gasteiger partial charge is 0.322 e. The normalized spacial score (nSPS) is 9.74. The van der Waals surface area contributed by atoms with Gasteiger partial charge in [-0.1, -0.05) is 29.8 Å². The van der Waals surface area contributed by atoms with E-state index in [0.29, 0.717) is 21.8 Å². The number of benzene rings is 2. The minimum Gasteiger partial charge on any atom is -0.322 e. The topological polar surface area (TPSA) is 52.9 Å². The number of hydrogen-bond donors (Lipinski definition) is 1. The van der Waals surface area contributed by atoms with Crippen LogP contribution in [0.25, 0.3) is 0 Å². The average molecular weight is 271 g/mol. The van der Waals surface area contributed by atoms with E-state index in [4.69, 9.17) is 16.9 Å². The van der Waals surface area contributed by atoms with E-state index in [9.17, 15) is 4.79 Å². The highest BCUT2D eigenvalue weighted by molar-refractivity contribution is 6.35. The Kier molecular flexibility index (Phi) is 3.84. The van der Waals surface area contributed by atoms with Crippen LogP contribution in [0.15, 0.2) is 42.5 Å². The standard InChI is InChI=1S/C15H11ClN2O/c1-10-4-2-7-13(14(10)16)15(19)18-12-6-3-5-11(8-12)9-17/h2-8H,1H3,(H,18,19). The molecule has 0 fully saturated rings. The number of nitriles is 1. The van der Waals surface area contributed by atoms with Crippen LogP contribution in [0.4, 0.5) is 5.69 Å². The Balaban J connectivity index is 2.26. The molecule has 4 heteroatoms. The molecule has 2 aromatic rings. The van der Waals surface area contributed by atoms with E-state index in [1.165, 1.54) is 0 Å². The molecule has 94 valence electrons. The van der Waals surface area contributed by atoms with Crippen molar-refractivity contribution in [1.82, 2.24) is 0 Å². The zero-order chi connectivity index (χ0) is 13.8. The molecule has 2 rings (SSSR count). The van der Waals surface area contributed by atoms with Crippen LogP contribution in [0.2, 0.25) is 5.02 Å². The molecule has 0 aromatic heterocycles. The number of anilines is 1. The van der Waals surface area contributed by atoms with Gasteiger partial charge < -0.3 is 5.32 Å². The van der Waals surface area contributed by atoms with Crippen LogP contribution < -0.4 is 5.32 Å². The van der Waals surface area contributed by atoms with Crippen molar-refractivity contribution >= 4 is 23.2 Å². The third-order valence-corrected chi connectivity index (χ3v) is 3.19. The van der Waals surface area contributed by atoms with Gasteiger partial charge in [-0.2, -0.15) is 5.26 Å². The molecule has 0 saturated heterocycles. The predicted octanol–water partition coefficient (Wildman–Crippen LogP) is 3.77. The highest BCUT2D eigenvalue weighted by Gasteiger charge is 2.11. The summed E-state index contributed by atoms with van der Waals surface area (Å²) in [5, 5.41) is 12.0. The second-order valence-electron chi connectivity index (χ2n) is 4.08. The number of aryl methyl sites for hydroxylation is 1. The SMILES string of the molecule is Cc1cccc(C(=O)Nc2cccc(C#N)c2)c1Cl. The van der Waals surface area contributed by atoms with E-state index in [0.717, 1.165) is 5.56 Å². The number of halogens is 1. The lowest BCUT2D eigenvalue weighted by Crippen LogP contribution is -2.12. The van der Waals surface area contributed by atoms with E-state index in [1.807, 2.05) is 19.1 Å². The van der Waals surface area contributed by atoms with Crippen molar-refractivity contribution < 1.29 is 4.79 Å². The van der Waals surface area contributed by atoms with E-state index in [2.05, 4.69) is 5.32 Å². The van der Waals surface area contributed by atoms with Crippen LogP contribution in [-0.2, 0) is 0 Å². The Labute approximate surface area is 116 Å². The fourth-order valence-corrected chi connectivity index (χ4v) is 1.90. The maximum atomic E-state index is 12.1. The number of rotatable bonds is 2. The average Bonchev–Trinajstić information content (AvgIpc) is 2.42. The second kappa shape index (κ2) is 5.55. The molecule has 0 saturated carbocycles. The van der Waals surface area contributed by atoms with Gasteiger partial charge >= 0.3 is 0 Å². The fourth-order valence-electron chi connectivity index (χ4n) is 1.69. The number of nitrogens with one attached hydrogen (secondary N) is 1. The molecule has 1 amide bonds. The fraction of sp³-hybridized carbons (Fsp3) is 0.0667. The van der Waals surface area contributed by atoms with Gasteiger partial charge in [-0.15, -0.1) is 0 Å². The second-order valence-corrected chi connectivity index (χ2v) is 4.46. The van der Waals surface area contributed by atoms with Gasteiger partial charge in [0.15, 0.2) is 0 Å². The predicted molar refractivity (Wildman–Crippen MR) is 75.3 cm³/mol. The van der Waals surface area contributed by atoms with E-state index in [1.54, 1.807) is 36.4 Å². The van der Waals surface area contributed by atoms with Crippen LogP contribution in [0.1, 0.15) is 21.5 Å². The van der Waals surface area contributed by atoms with Crippen molar-refractivity contribution in [2.24, 2.45) is 0 Å². The summed E-state index contributed by atoms with van der Waals surface area (Å²) >= 11 is 6.10. The third-order valence-electron chi connectivity index (χ3n) is 2.69. The molecule has 0 aliphatic carbocycles. The number of carbonyl (C=O) groups is 1. The number of carbonyl (C=O) groups excluding carboxylic acids is 1. The first-order chi connectivity index (χ1) is 9.11. The number of hydrogen-bond acceptors (Lipinski definition) is 2. The first-order valence-electron chi connectivity index (χ1n) is 5.68. The van der Waals surface area contributed by atoms with E-state index in [-0.39, 0.29) is 5.91 Å². The van der Waals surface area contributed by atoms with Gasteiger partial charge in [0.25, 0.3) is 5.91 Å². The lowest BCUT2D eigenvalue weighted by molar-refractivity contribution is 0.102. The Morgan fingerprint density at radius 2 is 2.00 bits per heavy atom. The van der Waals surface area contributed by atoms with Crippen molar-refractivity contribution in [3.63, 3.8) is 0 Å². The monoisotopic (exact) mass is 270 g/mol. The molecular formula is C15H11ClN2O. The van der Waals surface area contributed by atoms with Crippen molar-refractivity contribution in [3.8, 4) is 6.07 Å². The molecule has 0 radical (unpaired) electrons. The van der Waals surface area contributed by atoms with E-state index < -0.39 is 0 Å². The molecule has 0 atom stereocenters. The summed E-state index contributed by atoms with van der Waals surface area (Å²) in [4.78, 5) is 12.1. The Morgan fingerprint density at radius 1 is 1.26 bits per heavy atom. The summed E-state index contributed by atoms with van der Waals surface area (Å²) in [7, 11) is 0. The summed E-state index contributed by atoms with van der Waals surface area (Å²) < 4.78 is 0. The third kappa shape index (κ3) is 2.93. The van der Waals surface area contributed by atoms with Crippen LogP contribution >= 0.6 is 11.6 Å². The Bertz CT molecular complexity index is 674. The lowest BCUT2D eigenvalue weighted by Gasteiger charge is -2.08. The van der Waals surface area contributed by atoms with Crippen molar-refractivity contribution in [2.75, 3.05) is 5.32 Å². The number of amides is 1. The minimum absolute atomic E-state index is 0.288. The maximum absolute atomic E-state index is 12.1. The molecule has 0 bridgehead atoms. The summed E-state index contributed by atoms with van der Waals surface area (Å²) in [6.45, 7) is 1.84. The van der Waals surface area contributed by atoms with Gasteiger partial charge in [0.05, 0.1) is 22.2 Å². The molecule has 0 spiro atoms. The molecule has 2 aromatic carbocycles. The van der Waals surface area contributed by atoms with Crippen molar-refractivity contribution in [2.45, 2.75) is 6.92 Å². The molecule has 0 heterocycles. The first-order valence-corrected chi connectivity index (χ1v) is 6.06. The minimum atomic E-state index is -0.288. The Morgan fingerprint density at radius 3 is 2.74 bits per heavy atom. The molecule has 19 heavy (non-hydrogen) atoms. The van der Waals surface area contributed by atoms with Crippen LogP contribution in [-0.4, -0.2) is 5.91 Å². The zero-order valence-corrected chi connectivity index (χ0v) is 11.0. The molecule has 0 aliphatic rings.